The normalized spacial score (nSPS) is 43.0. The molecule has 0 aliphatic carbocycles. The average Bonchev–Trinajstić information content (AvgIpc) is 2.18. The Hall–Kier alpha value is -0.500. The molecular weight excluding hydrogens is 210 g/mol. The van der Waals surface area contributed by atoms with Crippen LogP contribution in [0.3, 0.4) is 0 Å². The van der Waals surface area contributed by atoms with E-state index in [9.17, 15) is 10.2 Å². The van der Waals surface area contributed by atoms with Gasteiger partial charge in [-0.05, 0) is 5.53 Å². The molecule has 0 aromatic carbocycles. The summed E-state index contributed by atoms with van der Waals surface area (Å²) in [6.07, 6.45) is -3.46. The number of hydrogen-bond acceptors (Lipinski definition) is 6. The van der Waals surface area contributed by atoms with E-state index in [1.807, 2.05) is 0 Å². The highest BCUT2D eigenvalue weighted by Crippen LogP contribution is 2.25. The quantitative estimate of drug-likeness (QED) is 0.208. The highest BCUT2D eigenvalue weighted by Gasteiger charge is 2.42. The van der Waals surface area contributed by atoms with Crippen molar-refractivity contribution in [1.82, 2.24) is 0 Å². The van der Waals surface area contributed by atoms with Crippen LogP contribution in [0, 0.1) is 0 Å². The minimum Gasteiger partial charge on any atom is -0.394 e. The Morgan fingerprint density at radius 2 is 2.07 bits per heavy atom. The third-order valence-electron chi connectivity index (χ3n) is 2.05. The van der Waals surface area contributed by atoms with Crippen molar-refractivity contribution in [3.8, 4) is 0 Å². The fourth-order valence-electron chi connectivity index (χ4n) is 1.27. The van der Waals surface area contributed by atoms with Crippen molar-refractivity contribution in [1.29, 1.82) is 0 Å². The summed E-state index contributed by atoms with van der Waals surface area (Å²) in [6.45, 7) is -0.432. The molecule has 1 aliphatic rings. The second-order valence-corrected chi connectivity index (χ2v) is 3.43. The van der Waals surface area contributed by atoms with Crippen molar-refractivity contribution >= 4 is 12.6 Å². The van der Waals surface area contributed by atoms with Gasteiger partial charge in [0.1, 0.15) is 23.7 Å². The standard InChI is InChI=1S/C6H11N3O4S/c7-9-8-3-5(12)4(11)2(1-10)13-6(3)14/h2-6,10-12,14H,1H2/t2-,3-,4-,5-,6?/m1/s1. The first-order valence-corrected chi connectivity index (χ1v) is 4.48. The largest absolute Gasteiger partial charge is 0.394 e. The number of ether oxygens (including phenoxy) is 1. The second-order valence-electron chi connectivity index (χ2n) is 2.92. The summed E-state index contributed by atoms with van der Waals surface area (Å²) in [7, 11) is 0. The molecule has 1 aliphatic heterocycles. The van der Waals surface area contributed by atoms with Gasteiger partial charge in [0, 0.05) is 4.91 Å². The fraction of sp³-hybridized carbons (Fsp3) is 1.00. The number of aliphatic hydroxyl groups is 3. The molecule has 0 aromatic heterocycles. The molecule has 7 nitrogen and oxygen atoms in total. The van der Waals surface area contributed by atoms with E-state index in [-0.39, 0.29) is 0 Å². The van der Waals surface area contributed by atoms with Gasteiger partial charge in [-0.2, -0.15) is 0 Å². The van der Waals surface area contributed by atoms with Crippen LogP contribution in [0.5, 0.6) is 0 Å². The van der Waals surface area contributed by atoms with E-state index >= 15 is 0 Å². The number of nitrogens with zero attached hydrogens (tertiary/aromatic N) is 3. The van der Waals surface area contributed by atoms with E-state index in [2.05, 4.69) is 22.7 Å². The van der Waals surface area contributed by atoms with Crippen LogP contribution in [0.4, 0.5) is 0 Å². The first kappa shape index (κ1) is 11.6. The highest BCUT2D eigenvalue weighted by atomic mass is 32.1. The monoisotopic (exact) mass is 221 g/mol. The summed E-state index contributed by atoms with van der Waals surface area (Å²) in [5.41, 5.74) is 7.36. The summed E-state index contributed by atoms with van der Waals surface area (Å²) in [5, 5.41) is 30.9. The Kier molecular flexibility index (Phi) is 3.99. The van der Waals surface area contributed by atoms with E-state index in [0.29, 0.717) is 0 Å². The zero-order chi connectivity index (χ0) is 10.7. The lowest BCUT2D eigenvalue weighted by Crippen LogP contribution is -2.56. The van der Waals surface area contributed by atoms with Crippen LogP contribution in [-0.4, -0.2) is 51.7 Å². The fourth-order valence-corrected chi connectivity index (χ4v) is 1.66. The third kappa shape index (κ3) is 2.11. The Bertz CT molecular complexity index is 247. The van der Waals surface area contributed by atoms with E-state index in [4.69, 9.17) is 15.4 Å². The SMILES string of the molecule is [N-]=[N+]=N[C@H]1C(S)O[C@H](CO)[C@@H](O)[C@@H]1O. The number of rotatable bonds is 2. The lowest BCUT2D eigenvalue weighted by molar-refractivity contribution is -0.165. The van der Waals surface area contributed by atoms with E-state index in [1.54, 1.807) is 0 Å². The van der Waals surface area contributed by atoms with E-state index in [0.717, 1.165) is 0 Å². The summed E-state index contributed by atoms with van der Waals surface area (Å²) < 4.78 is 5.02. The molecule has 1 unspecified atom stereocenters. The molecule has 14 heavy (non-hydrogen) atoms. The number of thiol groups is 1. The molecule has 1 heterocycles. The van der Waals surface area contributed by atoms with Gasteiger partial charge in [-0.3, -0.25) is 0 Å². The van der Waals surface area contributed by atoms with Crippen molar-refractivity contribution in [3.05, 3.63) is 10.4 Å². The van der Waals surface area contributed by atoms with Crippen LogP contribution < -0.4 is 0 Å². The number of aliphatic hydroxyl groups excluding tert-OH is 3. The van der Waals surface area contributed by atoms with Gasteiger partial charge in [-0.15, -0.1) is 12.6 Å². The topological polar surface area (TPSA) is 119 Å². The number of hydrogen-bond donors (Lipinski definition) is 4. The molecule has 0 radical (unpaired) electrons. The van der Waals surface area contributed by atoms with Crippen molar-refractivity contribution in [2.45, 2.75) is 29.8 Å². The lowest BCUT2D eigenvalue weighted by atomic mass is 9.99. The van der Waals surface area contributed by atoms with Gasteiger partial charge in [-0.25, -0.2) is 0 Å². The maximum atomic E-state index is 9.49. The molecule has 0 spiro atoms. The van der Waals surface area contributed by atoms with Crippen molar-refractivity contribution < 1.29 is 20.1 Å². The predicted molar refractivity (Wildman–Crippen MR) is 49.7 cm³/mol. The van der Waals surface area contributed by atoms with Crippen molar-refractivity contribution in [3.63, 3.8) is 0 Å². The maximum absolute atomic E-state index is 9.49. The second kappa shape index (κ2) is 4.83. The van der Waals surface area contributed by atoms with Crippen molar-refractivity contribution in [2.75, 3.05) is 6.61 Å². The minimum atomic E-state index is -1.28. The highest BCUT2D eigenvalue weighted by molar-refractivity contribution is 7.80. The Labute approximate surface area is 85.3 Å². The molecule has 5 atom stereocenters. The molecule has 8 heteroatoms. The lowest BCUT2D eigenvalue weighted by Gasteiger charge is -2.38. The Balaban J connectivity index is 2.78. The molecule has 80 valence electrons. The van der Waals surface area contributed by atoms with Crippen LogP contribution in [0.2, 0.25) is 0 Å². The molecule has 1 saturated heterocycles. The first-order valence-electron chi connectivity index (χ1n) is 3.96. The molecule has 0 saturated carbocycles. The van der Waals surface area contributed by atoms with Gasteiger partial charge in [-0.1, -0.05) is 5.11 Å². The number of azide groups is 1. The summed E-state index contributed by atoms with van der Waals surface area (Å²) in [5.74, 6) is 0. The van der Waals surface area contributed by atoms with Gasteiger partial charge in [0.15, 0.2) is 0 Å². The zero-order valence-electron chi connectivity index (χ0n) is 7.13. The van der Waals surface area contributed by atoms with Gasteiger partial charge >= 0.3 is 0 Å². The van der Waals surface area contributed by atoms with E-state index < -0.39 is 36.4 Å². The van der Waals surface area contributed by atoms with Gasteiger partial charge in [0.05, 0.1) is 12.7 Å². The first-order chi connectivity index (χ1) is 6.61. The zero-order valence-corrected chi connectivity index (χ0v) is 8.03. The van der Waals surface area contributed by atoms with Crippen LogP contribution >= 0.6 is 12.6 Å². The molecule has 1 fully saturated rings. The smallest absolute Gasteiger partial charge is 0.112 e. The average molecular weight is 221 g/mol. The van der Waals surface area contributed by atoms with Crippen LogP contribution in [0.15, 0.2) is 5.11 Å². The Morgan fingerprint density at radius 1 is 1.43 bits per heavy atom. The minimum absolute atomic E-state index is 0.432. The summed E-state index contributed by atoms with van der Waals surface area (Å²) in [6, 6.07) is -0.957. The van der Waals surface area contributed by atoms with Crippen molar-refractivity contribution in [2.24, 2.45) is 5.11 Å². The summed E-state index contributed by atoms with van der Waals surface area (Å²) in [4.78, 5) is 2.51. The van der Waals surface area contributed by atoms with Crippen LogP contribution in [0.1, 0.15) is 0 Å². The molecule has 0 aromatic rings. The molecule has 3 N–H and O–H groups in total. The maximum Gasteiger partial charge on any atom is 0.112 e. The van der Waals surface area contributed by atoms with Crippen LogP contribution in [0.25, 0.3) is 10.4 Å². The summed E-state index contributed by atoms with van der Waals surface area (Å²) >= 11 is 3.93. The van der Waals surface area contributed by atoms with Crippen LogP contribution in [-0.2, 0) is 4.74 Å². The Morgan fingerprint density at radius 3 is 2.57 bits per heavy atom. The molecule has 1 rings (SSSR count). The van der Waals surface area contributed by atoms with E-state index in [1.165, 1.54) is 0 Å². The third-order valence-corrected chi connectivity index (χ3v) is 2.48. The molecular formula is C6H11N3O4S. The van der Waals surface area contributed by atoms with Gasteiger partial charge < -0.3 is 20.1 Å². The predicted octanol–water partition coefficient (Wildman–Crippen LogP) is -0.966. The molecule has 0 amide bonds. The van der Waals surface area contributed by atoms with Gasteiger partial charge in [0.2, 0.25) is 0 Å². The van der Waals surface area contributed by atoms with Gasteiger partial charge in [0.25, 0.3) is 0 Å². The molecule has 0 bridgehead atoms.